The van der Waals surface area contributed by atoms with Crippen molar-refractivity contribution in [3.05, 3.63) is 59.7 Å². The van der Waals surface area contributed by atoms with Crippen LogP contribution in [0.25, 0.3) is 11.1 Å². The van der Waals surface area contributed by atoms with Crippen LogP contribution in [0.15, 0.2) is 48.5 Å². The van der Waals surface area contributed by atoms with Crippen LogP contribution >= 0.6 is 0 Å². The number of nitrogens with zero attached hydrogens (tertiary/aromatic N) is 1. The quantitative estimate of drug-likeness (QED) is 0.910. The first-order valence-electron chi connectivity index (χ1n) is 8.38. The lowest BCUT2D eigenvalue weighted by Gasteiger charge is -2.30. The molecule has 4 nitrogen and oxygen atoms in total. The highest BCUT2D eigenvalue weighted by Gasteiger charge is 2.22. The summed E-state index contributed by atoms with van der Waals surface area (Å²) in [5, 5.41) is 9.00. The van der Waals surface area contributed by atoms with E-state index in [0.29, 0.717) is 19.7 Å². The van der Waals surface area contributed by atoms with Crippen LogP contribution < -0.4 is 0 Å². The highest BCUT2D eigenvalue weighted by Crippen LogP contribution is 2.26. The summed E-state index contributed by atoms with van der Waals surface area (Å²) in [6, 6.07) is 16.8. The maximum Gasteiger partial charge on any atom is 0.407 e. The smallest absolute Gasteiger partial charge is 0.407 e. The number of amides is 1. The van der Waals surface area contributed by atoms with E-state index in [0.717, 1.165) is 12.8 Å². The summed E-state index contributed by atoms with van der Waals surface area (Å²) in [7, 11) is 0. The van der Waals surface area contributed by atoms with Gasteiger partial charge < -0.3 is 14.7 Å². The molecule has 1 aliphatic rings. The zero-order chi connectivity index (χ0) is 16.9. The van der Waals surface area contributed by atoms with Crippen molar-refractivity contribution in [2.75, 3.05) is 13.1 Å². The fourth-order valence-corrected chi connectivity index (χ4v) is 3.08. The molecule has 0 saturated carbocycles. The minimum Gasteiger partial charge on any atom is -0.465 e. The van der Waals surface area contributed by atoms with Crippen LogP contribution in [0.2, 0.25) is 0 Å². The molecular weight excluding hydrogens is 302 g/mol. The van der Waals surface area contributed by atoms with Gasteiger partial charge in [-0.25, -0.2) is 4.79 Å². The van der Waals surface area contributed by atoms with Crippen molar-refractivity contribution in [1.29, 1.82) is 0 Å². The second kappa shape index (κ2) is 7.49. The van der Waals surface area contributed by atoms with Crippen molar-refractivity contribution in [3.63, 3.8) is 0 Å². The molecular formula is C20H23NO3. The SMILES string of the molecule is Cc1ccc(-c2ccccc2COC2CCN(C(=O)O)CC2)cc1. The molecule has 2 aromatic carbocycles. The molecule has 1 N–H and O–H groups in total. The van der Waals surface area contributed by atoms with E-state index in [-0.39, 0.29) is 6.10 Å². The van der Waals surface area contributed by atoms with Crippen molar-refractivity contribution in [1.82, 2.24) is 4.90 Å². The minimum absolute atomic E-state index is 0.131. The Bertz CT molecular complexity index is 688. The number of hydrogen-bond donors (Lipinski definition) is 1. The lowest BCUT2D eigenvalue weighted by Crippen LogP contribution is -2.40. The fraction of sp³-hybridized carbons (Fsp3) is 0.350. The summed E-state index contributed by atoms with van der Waals surface area (Å²) >= 11 is 0. The molecule has 1 aliphatic heterocycles. The monoisotopic (exact) mass is 325 g/mol. The number of carbonyl (C=O) groups is 1. The molecule has 3 rings (SSSR count). The summed E-state index contributed by atoms with van der Waals surface area (Å²) in [6.45, 7) is 3.75. The molecule has 1 saturated heterocycles. The molecule has 0 unspecified atom stereocenters. The third kappa shape index (κ3) is 3.95. The summed E-state index contributed by atoms with van der Waals surface area (Å²) in [5.41, 5.74) is 4.81. The maximum atomic E-state index is 11.0. The first kappa shape index (κ1) is 16.5. The van der Waals surface area contributed by atoms with Gasteiger partial charge in [0.1, 0.15) is 0 Å². The van der Waals surface area contributed by atoms with Gasteiger partial charge in [0.15, 0.2) is 0 Å². The van der Waals surface area contributed by atoms with Crippen LogP contribution in [0, 0.1) is 6.92 Å². The summed E-state index contributed by atoms with van der Waals surface area (Å²) in [5.74, 6) is 0. The van der Waals surface area contributed by atoms with Crippen LogP contribution in [0.5, 0.6) is 0 Å². The van der Waals surface area contributed by atoms with Gasteiger partial charge in [0, 0.05) is 13.1 Å². The largest absolute Gasteiger partial charge is 0.465 e. The summed E-state index contributed by atoms with van der Waals surface area (Å²) in [6.07, 6.45) is 0.822. The first-order chi connectivity index (χ1) is 11.6. The van der Waals surface area contributed by atoms with Gasteiger partial charge in [0.05, 0.1) is 12.7 Å². The molecule has 4 heteroatoms. The molecule has 2 aromatic rings. The summed E-state index contributed by atoms with van der Waals surface area (Å²) < 4.78 is 6.06. The van der Waals surface area contributed by atoms with Gasteiger partial charge in [-0.15, -0.1) is 0 Å². The number of rotatable bonds is 4. The van der Waals surface area contributed by atoms with Gasteiger partial charge in [-0.3, -0.25) is 0 Å². The van der Waals surface area contributed by atoms with Gasteiger partial charge in [0.2, 0.25) is 0 Å². The topological polar surface area (TPSA) is 49.8 Å². The molecule has 0 atom stereocenters. The van der Waals surface area contributed by atoms with E-state index in [9.17, 15) is 4.79 Å². The first-order valence-corrected chi connectivity index (χ1v) is 8.38. The number of carboxylic acid groups (broad SMARTS) is 1. The highest BCUT2D eigenvalue weighted by atomic mass is 16.5. The number of piperidine rings is 1. The molecule has 24 heavy (non-hydrogen) atoms. The normalized spacial score (nSPS) is 15.5. The third-order valence-corrected chi connectivity index (χ3v) is 4.57. The van der Waals surface area contributed by atoms with E-state index < -0.39 is 6.09 Å². The lowest BCUT2D eigenvalue weighted by atomic mass is 9.99. The predicted octanol–water partition coefficient (Wildman–Crippen LogP) is 4.32. The Kier molecular flexibility index (Phi) is 5.16. The molecule has 1 fully saturated rings. The Balaban J connectivity index is 1.64. The minimum atomic E-state index is -0.835. The Morgan fingerprint density at radius 2 is 1.79 bits per heavy atom. The molecule has 0 radical (unpaired) electrons. The van der Waals surface area contributed by atoms with Gasteiger partial charge in [-0.1, -0.05) is 54.1 Å². The molecule has 0 spiro atoms. The fourth-order valence-electron chi connectivity index (χ4n) is 3.08. The second-order valence-corrected chi connectivity index (χ2v) is 6.30. The van der Waals surface area contributed by atoms with Crippen molar-refractivity contribution >= 4 is 6.09 Å². The van der Waals surface area contributed by atoms with Crippen molar-refractivity contribution in [2.45, 2.75) is 32.5 Å². The van der Waals surface area contributed by atoms with Gasteiger partial charge in [-0.2, -0.15) is 0 Å². The number of hydrogen-bond acceptors (Lipinski definition) is 2. The summed E-state index contributed by atoms with van der Waals surface area (Å²) in [4.78, 5) is 12.4. The van der Waals surface area contributed by atoms with Crippen LogP contribution in [-0.4, -0.2) is 35.3 Å². The predicted molar refractivity (Wildman–Crippen MR) is 94.0 cm³/mol. The van der Waals surface area contributed by atoms with E-state index in [1.807, 2.05) is 12.1 Å². The Morgan fingerprint density at radius 3 is 2.46 bits per heavy atom. The van der Waals surface area contributed by atoms with Gasteiger partial charge >= 0.3 is 6.09 Å². The molecule has 126 valence electrons. The molecule has 1 amide bonds. The maximum absolute atomic E-state index is 11.0. The highest BCUT2D eigenvalue weighted by molar-refractivity contribution is 5.67. The van der Waals surface area contributed by atoms with Crippen molar-refractivity contribution in [2.24, 2.45) is 0 Å². The Labute approximate surface area is 142 Å². The van der Waals surface area contributed by atoms with Crippen LogP contribution in [-0.2, 0) is 11.3 Å². The Morgan fingerprint density at radius 1 is 1.12 bits per heavy atom. The van der Waals surface area contributed by atoms with Crippen LogP contribution in [0.3, 0.4) is 0 Å². The van der Waals surface area contributed by atoms with E-state index in [4.69, 9.17) is 9.84 Å². The molecule has 1 heterocycles. The third-order valence-electron chi connectivity index (χ3n) is 4.57. The van der Waals surface area contributed by atoms with Gasteiger partial charge in [-0.05, 0) is 36.5 Å². The lowest BCUT2D eigenvalue weighted by molar-refractivity contribution is 0.000543. The standard InChI is InChI=1S/C20H23NO3/c1-15-6-8-16(9-7-15)19-5-3-2-4-17(19)14-24-18-10-12-21(13-11-18)20(22)23/h2-9,18H,10-14H2,1H3,(H,22,23). The molecule has 0 bridgehead atoms. The zero-order valence-corrected chi connectivity index (χ0v) is 13.9. The number of benzene rings is 2. The molecule has 0 aromatic heterocycles. The number of aryl methyl sites for hydroxylation is 1. The van der Waals surface area contributed by atoms with E-state index in [1.165, 1.54) is 27.2 Å². The van der Waals surface area contributed by atoms with Crippen LogP contribution in [0.1, 0.15) is 24.0 Å². The van der Waals surface area contributed by atoms with E-state index in [1.54, 1.807) is 0 Å². The van der Waals surface area contributed by atoms with Gasteiger partial charge in [0.25, 0.3) is 0 Å². The van der Waals surface area contributed by atoms with Crippen LogP contribution in [0.4, 0.5) is 4.79 Å². The Hall–Kier alpha value is -2.33. The van der Waals surface area contributed by atoms with E-state index >= 15 is 0 Å². The number of likely N-dealkylation sites (tertiary alicyclic amines) is 1. The van der Waals surface area contributed by atoms with Crippen molar-refractivity contribution in [3.8, 4) is 11.1 Å². The average molecular weight is 325 g/mol. The second-order valence-electron chi connectivity index (χ2n) is 6.30. The van der Waals surface area contributed by atoms with Crippen molar-refractivity contribution < 1.29 is 14.6 Å². The van der Waals surface area contributed by atoms with E-state index in [2.05, 4.69) is 43.3 Å². The average Bonchev–Trinajstić information content (AvgIpc) is 2.61. The number of ether oxygens (including phenoxy) is 1. The molecule has 0 aliphatic carbocycles. The zero-order valence-electron chi connectivity index (χ0n) is 13.9.